The van der Waals surface area contributed by atoms with Crippen LogP contribution in [0.3, 0.4) is 0 Å². The van der Waals surface area contributed by atoms with Gasteiger partial charge in [-0.2, -0.15) is 0 Å². The summed E-state index contributed by atoms with van der Waals surface area (Å²) in [5.74, 6) is 0.883. The summed E-state index contributed by atoms with van der Waals surface area (Å²) in [6, 6.07) is 7.78. The third-order valence-electron chi connectivity index (χ3n) is 5.81. The zero-order valence-corrected chi connectivity index (χ0v) is 24.2. The van der Waals surface area contributed by atoms with Gasteiger partial charge in [-0.15, -0.1) is 0 Å². The zero-order valence-electron chi connectivity index (χ0n) is 21.0. The molecule has 8 nitrogen and oxygen atoms in total. The van der Waals surface area contributed by atoms with Crippen molar-refractivity contribution in [3.63, 3.8) is 0 Å². The minimum absolute atomic E-state index is 0.222. The number of hydrogen-bond acceptors (Lipinski definition) is 8. The van der Waals surface area contributed by atoms with Crippen molar-refractivity contribution in [1.82, 2.24) is 4.57 Å². The van der Waals surface area contributed by atoms with Gasteiger partial charge in [-0.25, -0.2) is 9.79 Å². The van der Waals surface area contributed by atoms with Crippen LogP contribution in [0.4, 0.5) is 0 Å². The largest absolute Gasteiger partial charge is 0.496 e. The first kappa shape index (κ1) is 27.7. The van der Waals surface area contributed by atoms with Crippen molar-refractivity contribution < 1.29 is 23.7 Å². The number of thiazole rings is 1. The molecule has 2 aromatic carbocycles. The number of fused-ring (bicyclic) bond motifs is 1. The Bertz CT molecular complexity index is 1640. The molecular weight excluding hydrogens is 596 g/mol. The molecule has 0 N–H and O–H groups in total. The van der Waals surface area contributed by atoms with E-state index in [9.17, 15) is 9.59 Å². The molecule has 0 spiro atoms. The molecule has 1 atom stereocenters. The van der Waals surface area contributed by atoms with E-state index in [2.05, 4.69) is 27.5 Å². The highest BCUT2D eigenvalue weighted by molar-refractivity contribution is 9.10. The monoisotopic (exact) mass is 618 g/mol. The third kappa shape index (κ3) is 5.16. The molecule has 1 aromatic heterocycles. The van der Waals surface area contributed by atoms with E-state index in [0.717, 1.165) is 0 Å². The molecule has 1 aliphatic heterocycles. The Morgan fingerprint density at radius 2 is 1.95 bits per heavy atom. The summed E-state index contributed by atoms with van der Waals surface area (Å²) in [7, 11) is 4.34. The summed E-state index contributed by atoms with van der Waals surface area (Å²) >= 11 is 11.0. The summed E-state index contributed by atoms with van der Waals surface area (Å²) in [6.07, 6.45) is 3.37. The van der Waals surface area contributed by atoms with Crippen molar-refractivity contribution >= 4 is 50.9 Å². The van der Waals surface area contributed by atoms with Gasteiger partial charge in [-0.3, -0.25) is 9.36 Å². The number of carbonyl (C=O) groups is 1. The van der Waals surface area contributed by atoms with E-state index in [-0.39, 0.29) is 11.1 Å². The summed E-state index contributed by atoms with van der Waals surface area (Å²) in [6.45, 7) is 5.68. The highest BCUT2D eigenvalue weighted by Gasteiger charge is 2.35. The van der Waals surface area contributed by atoms with E-state index in [1.54, 1.807) is 43.3 Å². The van der Waals surface area contributed by atoms with E-state index in [4.69, 9.17) is 30.5 Å². The molecule has 0 aliphatic carbocycles. The summed E-state index contributed by atoms with van der Waals surface area (Å²) in [4.78, 5) is 31.8. The SMILES string of the molecule is C=CCOc1c(Br)cc(/C=c2\sc3n(c2=O)[C@H](c2cc(Cl)ccc2OC)C(C(=O)OC)=C(C)N=3)cc1OC. The number of aromatic nitrogens is 1. The highest BCUT2D eigenvalue weighted by atomic mass is 79.9. The number of ether oxygens (including phenoxy) is 4. The molecular formula is C27H24BrClN2O6S. The lowest BCUT2D eigenvalue weighted by Crippen LogP contribution is -2.40. The molecule has 0 radical (unpaired) electrons. The fourth-order valence-electron chi connectivity index (χ4n) is 4.16. The molecule has 2 heterocycles. The van der Waals surface area contributed by atoms with Gasteiger partial charge in [0.1, 0.15) is 18.4 Å². The fourth-order valence-corrected chi connectivity index (χ4v) is 5.96. The minimum Gasteiger partial charge on any atom is -0.496 e. The lowest BCUT2D eigenvalue weighted by molar-refractivity contribution is -0.136. The molecule has 198 valence electrons. The van der Waals surface area contributed by atoms with Crippen molar-refractivity contribution in [2.75, 3.05) is 27.9 Å². The van der Waals surface area contributed by atoms with E-state index < -0.39 is 12.0 Å². The summed E-state index contributed by atoms with van der Waals surface area (Å²) < 4.78 is 24.4. The molecule has 0 bridgehead atoms. The molecule has 1 aliphatic rings. The maximum Gasteiger partial charge on any atom is 0.338 e. The topological polar surface area (TPSA) is 88.4 Å². The number of allylic oxidation sites excluding steroid dienone is 1. The van der Waals surface area contributed by atoms with Gasteiger partial charge in [-0.05, 0) is 64.8 Å². The second-order valence-corrected chi connectivity index (χ2v) is 10.4. The van der Waals surface area contributed by atoms with E-state index >= 15 is 0 Å². The van der Waals surface area contributed by atoms with Crippen LogP contribution in [0.5, 0.6) is 17.2 Å². The molecule has 0 saturated heterocycles. The molecule has 0 fully saturated rings. The second kappa shape index (κ2) is 11.6. The lowest BCUT2D eigenvalue weighted by Gasteiger charge is -2.25. The van der Waals surface area contributed by atoms with Gasteiger partial charge in [-0.1, -0.05) is 35.6 Å². The Balaban J connectivity index is 1.96. The number of rotatable bonds is 8. The first-order valence-corrected chi connectivity index (χ1v) is 13.3. The number of carbonyl (C=O) groups excluding carboxylic acids is 1. The van der Waals surface area contributed by atoms with Gasteiger partial charge < -0.3 is 18.9 Å². The Kier molecular flexibility index (Phi) is 8.44. The van der Waals surface area contributed by atoms with Gasteiger partial charge in [0.25, 0.3) is 5.56 Å². The lowest BCUT2D eigenvalue weighted by atomic mass is 9.95. The van der Waals surface area contributed by atoms with Gasteiger partial charge in [0.05, 0.1) is 41.6 Å². The average molecular weight is 620 g/mol. The Labute approximate surface area is 236 Å². The van der Waals surface area contributed by atoms with Crippen LogP contribution in [0, 0.1) is 0 Å². The predicted octanol–water partition coefficient (Wildman–Crippen LogP) is 4.41. The number of esters is 1. The number of nitrogens with zero attached hydrogens (tertiary/aromatic N) is 2. The summed E-state index contributed by atoms with van der Waals surface area (Å²) in [5, 5.41) is 0.428. The van der Waals surface area contributed by atoms with Crippen LogP contribution >= 0.6 is 38.9 Å². The van der Waals surface area contributed by atoms with Crippen molar-refractivity contribution in [3.05, 3.63) is 94.6 Å². The van der Waals surface area contributed by atoms with Crippen molar-refractivity contribution in [2.24, 2.45) is 4.99 Å². The van der Waals surface area contributed by atoms with Crippen LogP contribution in [0.1, 0.15) is 24.1 Å². The minimum atomic E-state index is -0.856. The molecule has 38 heavy (non-hydrogen) atoms. The third-order valence-corrected chi connectivity index (χ3v) is 7.62. The van der Waals surface area contributed by atoms with Gasteiger partial charge in [0, 0.05) is 10.6 Å². The first-order valence-electron chi connectivity index (χ1n) is 11.3. The van der Waals surface area contributed by atoms with E-state index in [0.29, 0.717) is 59.5 Å². The van der Waals surface area contributed by atoms with Crippen LogP contribution in [-0.2, 0) is 9.53 Å². The molecule has 0 saturated carbocycles. The molecule has 11 heteroatoms. The molecule has 4 rings (SSSR count). The van der Waals surface area contributed by atoms with E-state index in [1.807, 2.05) is 6.07 Å². The number of methoxy groups -OCH3 is 3. The number of hydrogen-bond donors (Lipinski definition) is 0. The van der Waals surface area contributed by atoms with Crippen LogP contribution in [0.15, 0.2) is 68.5 Å². The fraction of sp³-hybridized carbons (Fsp3) is 0.222. The standard InChI is InChI=1S/C27H24BrClN2O6S/c1-6-9-37-24-18(28)10-15(11-20(24)35-4)12-21-25(32)31-23(17-13-16(29)7-8-19(17)34-3)22(26(33)36-5)14(2)30-27(31)38-21/h6-8,10-13,23H,1,9H2,2-5H3/b21-12-/t23-/m1/s1. The van der Waals surface area contributed by atoms with Gasteiger partial charge >= 0.3 is 5.97 Å². The summed E-state index contributed by atoms with van der Waals surface area (Å²) in [5.41, 5.74) is 1.56. The maximum atomic E-state index is 13.9. The van der Waals surface area contributed by atoms with Crippen LogP contribution in [-0.4, -0.2) is 38.5 Å². The molecule has 0 unspecified atom stereocenters. The smallest absolute Gasteiger partial charge is 0.338 e. The molecule has 3 aromatic rings. The quantitative estimate of drug-likeness (QED) is 0.274. The van der Waals surface area contributed by atoms with Gasteiger partial charge in [0.2, 0.25) is 0 Å². The maximum absolute atomic E-state index is 13.9. The van der Waals surface area contributed by atoms with Crippen LogP contribution in [0.2, 0.25) is 5.02 Å². The van der Waals surface area contributed by atoms with E-state index in [1.165, 1.54) is 37.2 Å². The highest BCUT2D eigenvalue weighted by Crippen LogP contribution is 2.38. The predicted molar refractivity (Wildman–Crippen MR) is 150 cm³/mol. The van der Waals surface area contributed by atoms with Crippen molar-refractivity contribution in [3.8, 4) is 17.2 Å². The zero-order chi connectivity index (χ0) is 27.6. The first-order chi connectivity index (χ1) is 18.2. The number of benzene rings is 2. The Morgan fingerprint density at radius 3 is 2.61 bits per heavy atom. The van der Waals surface area contributed by atoms with Crippen molar-refractivity contribution in [2.45, 2.75) is 13.0 Å². The van der Waals surface area contributed by atoms with Crippen LogP contribution in [0.25, 0.3) is 6.08 Å². The van der Waals surface area contributed by atoms with Gasteiger partial charge in [0.15, 0.2) is 16.3 Å². The second-order valence-electron chi connectivity index (χ2n) is 8.09. The average Bonchev–Trinajstić information content (AvgIpc) is 3.20. The Hall–Kier alpha value is -3.34. The molecule has 0 amide bonds. The Morgan fingerprint density at radius 1 is 1.21 bits per heavy atom. The number of halogens is 2. The van der Waals surface area contributed by atoms with Crippen molar-refractivity contribution in [1.29, 1.82) is 0 Å². The van der Waals surface area contributed by atoms with Crippen LogP contribution < -0.4 is 29.1 Å². The normalized spacial score (nSPS) is 15.0.